The topological polar surface area (TPSA) is 71.1 Å². The summed E-state index contributed by atoms with van der Waals surface area (Å²) in [5.41, 5.74) is 2.03. The smallest absolute Gasteiger partial charge is 0.163 e. The van der Waals surface area contributed by atoms with Crippen LogP contribution in [-0.4, -0.2) is 28.6 Å². The zero-order valence-electron chi connectivity index (χ0n) is 10.00. The number of nitriles is 1. The largest absolute Gasteiger partial charge is 0.497 e. The van der Waals surface area contributed by atoms with Crippen molar-refractivity contribution < 1.29 is 9.84 Å². The van der Waals surface area contributed by atoms with Gasteiger partial charge in [-0.25, -0.2) is 0 Å². The Morgan fingerprint density at radius 1 is 1.44 bits per heavy atom. The molecule has 0 unspecified atom stereocenters. The highest BCUT2D eigenvalue weighted by Gasteiger charge is 2.10. The lowest BCUT2D eigenvalue weighted by Gasteiger charge is -2.07. The van der Waals surface area contributed by atoms with E-state index in [1.807, 2.05) is 30.3 Å². The quantitative estimate of drug-likeness (QED) is 0.881. The summed E-state index contributed by atoms with van der Waals surface area (Å²) in [4.78, 5) is 0. The van der Waals surface area contributed by atoms with E-state index in [4.69, 9.17) is 15.1 Å². The van der Waals surface area contributed by atoms with Gasteiger partial charge in [0.15, 0.2) is 5.69 Å². The molecule has 0 saturated carbocycles. The number of rotatable bonds is 4. The van der Waals surface area contributed by atoms with Gasteiger partial charge < -0.3 is 9.84 Å². The molecule has 0 radical (unpaired) electrons. The lowest BCUT2D eigenvalue weighted by Crippen LogP contribution is -2.05. The van der Waals surface area contributed by atoms with Crippen molar-refractivity contribution in [3.8, 4) is 23.1 Å². The van der Waals surface area contributed by atoms with Crippen LogP contribution in [0.5, 0.6) is 5.75 Å². The van der Waals surface area contributed by atoms with E-state index in [1.54, 1.807) is 17.9 Å². The number of hydrogen-bond acceptors (Lipinski definition) is 4. The number of benzene rings is 1. The summed E-state index contributed by atoms with van der Waals surface area (Å²) in [7, 11) is 1.60. The monoisotopic (exact) mass is 243 g/mol. The molecule has 0 atom stereocenters. The number of hydrogen-bond donors (Lipinski definition) is 1. The van der Waals surface area contributed by atoms with E-state index >= 15 is 0 Å². The maximum atomic E-state index is 9.01. The maximum absolute atomic E-state index is 9.01. The molecule has 1 heterocycles. The minimum absolute atomic E-state index is 0.0243. The maximum Gasteiger partial charge on any atom is 0.163 e. The Hall–Kier alpha value is -2.32. The molecule has 2 rings (SSSR count). The van der Waals surface area contributed by atoms with Crippen LogP contribution in [0.3, 0.4) is 0 Å². The first-order chi connectivity index (χ1) is 8.78. The van der Waals surface area contributed by atoms with Gasteiger partial charge in [0.2, 0.25) is 0 Å². The molecule has 0 spiro atoms. The van der Waals surface area contributed by atoms with Crippen molar-refractivity contribution in [1.82, 2.24) is 9.78 Å². The van der Waals surface area contributed by atoms with Crippen molar-refractivity contribution in [3.63, 3.8) is 0 Å². The molecule has 0 amide bonds. The van der Waals surface area contributed by atoms with Gasteiger partial charge in [0.25, 0.3) is 0 Å². The lowest BCUT2D eigenvalue weighted by atomic mass is 10.1. The number of ether oxygens (including phenoxy) is 1. The predicted molar refractivity (Wildman–Crippen MR) is 66.0 cm³/mol. The van der Waals surface area contributed by atoms with Crippen LogP contribution in [0.1, 0.15) is 5.69 Å². The highest BCUT2D eigenvalue weighted by Crippen LogP contribution is 2.24. The number of nitrogens with zero attached hydrogens (tertiary/aromatic N) is 3. The molecule has 0 fully saturated rings. The molecule has 1 aromatic carbocycles. The second-order valence-electron chi connectivity index (χ2n) is 3.71. The van der Waals surface area contributed by atoms with Crippen LogP contribution in [0.25, 0.3) is 11.3 Å². The molecule has 0 bridgehead atoms. The van der Waals surface area contributed by atoms with Gasteiger partial charge in [-0.3, -0.25) is 4.68 Å². The number of methoxy groups -OCH3 is 1. The molecule has 1 N–H and O–H groups in total. The predicted octanol–water partition coefficient (Wildman–Crippen LogP) is 1.42. The molecule has 18 heavy (non-hydrogen) atoms. The third-order valence-corrected chi connectivity index (χ3v) is 2.57. The number of aliphatic hydroxyl groups is 1. The first kappa shape index (κ1) is 12.1. The third-order valence-electron chi connectivity index (χ3n) is 2.57. The van der Waals surface area contributed by atoms with Crippen molar-refractivity contribution in [2.75, 3.05) is 13.7 Å². The zero-order valence-corrected chi connectivity index (χ0v) is 10.00. The summed E-state index contributed by atoms with van der Waals surface area (Å²) in [6, 6.07) is 11.2. The normalized spacial score (nSPS) is 10.1. The standard InChI is InChI=1S/C13H13N3O2/c1-18-12-4-2-3-10(7-12)13-8-11(9-14)15-16(13)5-6-17/h2-4,7-8,17H,5-6H2,1H3. The first-order valence-corrected chi connectivity index (χ1v) is 5.51. The van der Waals surface area contributed by atoms with E-state index in [9.17, 15) is 0 Å². The Morgan fingerprint density at radius 3 is 2.94 bits per heavy atom. The molecule has 0 aliphatic carbocycles. The van der Waals surface area contributed by atoms with Crippen LogP contribution < -0.4 is 4.74 Å². The Labute approximate surface area is 105 Å². The highest BCUT2D eigenvalue weighted by atomic mass is 16.5. The van der Waals surface area contributed by atoms with Crippen LogP contribution in [0.15, 0.2) is 30.3 Å². The van der Waals surface area contributed by atoms with Crippen molar-refractivity contribution in [1.29, 1.82) is 5.26 Å². The van der Waals surface area contributed by atoms with Crippen LogP contribution in [0.4, 0.5) is 0 Å². The lowest BCUT2D eigenvalue weighted by molar-refractivity contribution is 0.270. The van der Waals surface area contributed by atoms with E-state index in [0.29, 0.717) is 12.2 Å². The summed E-state index contributed by atoms with van der Waals surface area (Å²) in [6.45, 7) is 0.331. The van der Waals surface area contributed by atoms with Gasteiger partial charge in [-0.1, -0.05) is 12.1 Å². The van der Waals surface area contributed by atoms with E-state index < -0.39 is 0 Å². The minimum atomic E-state index is -0.0243. The van der Waals surface area contributed by atoms with Crippen molar-refractivity contribution in [2.24, 2.45) is 0 Å². The summed E-state index contributed by atoms with van der Waals surface area (Å²) >= 11 is 0. The molecular formula is C13H13N3O2. The van der Waals surface area contributed by atoms with Gasteiger partial charge >= 0.3 is 0 Å². The molecule has 2 aromatic rings. The van der Waals surface area contributed by atoms with Gasteiger partial charge in [-0.15, -0.1) is 0 Å². The van der Waals surface area contributed by atoms with E-state index in [0.717, 1.165) is 17.0 Å². The van der Waals surface area contributed by atoms with Crippen LogP contribution >= 0.6 is 0 Å². The Kier molecular flexibility index (Phi) is 3.60. The number of aliphatic hydroxyl groups excluding tert-OH is 1. The Morgan fingerprint density at radius 2 is 2.28 bits per heavy atom. The van der Waals surface area contributed by atoms with Gasteiger partial charge in [0.1, 0.15) is 11.8 Å². The summed E-state index contributed by atoms with van der Waals surface area (Å²) in [6.07, 6.45) is 0. The fraction of sp³-hybridized carbons (Fsp3) is 0.231. The van der Waals surface area contributed by atoms with Gasteiger partial charge in [-0.05, 0) is 12.1 Å². The van der Waals surface area contributed by atoms with E-state index in [1.165, 1.54) is 0 Å². The van der Waals surface area contributed by atoms with Gasteiger partial charge in [-0.2, -0.15) is 10.4 Å². The summed E-state index contributed by atoms with van der Waals surface area (Å²) < 4.78 is 6.78. The van der Waals surface area contributed by atoms with Crippen molar-refractivity contribution in [2.45, 2.75) is 6.54 Å². The van der Waals surface area contributed by atoms with Crippen molar-refractivity contribution >= 4 is 0 Å². The summed E-state index contributed by atoms with van der Waals surface area (Å²) in [5.74, 6) is 0.739. The average molecular weight is 243 g/mol. The minimum Gasteiger partial charge on any atom is -0.497 e. The molecule has 1 aromatic heterocycles. The number of aromatic nitrogens is 2. The first-order valence-electron chi connectivity index (χ1n) is 5.51. The van der Waals surface area contributed by atoms with E-state index in [2.05, 4.69) is 5.10 Å². The molecule has 92 valence electrons. The fourth-order valence-electron chi connectivity index (χ4n) is 1.75. The third kappa shape index (κ3) is 2.34. The fourth-order valence-corrected chi connectivity index (χ4v) is 1.75. The molecule has 5 heteroatoms. The van der Waals surface area contributed by atoms with Gasteiger partial charge in [0.05, 0.1) is 26.0 Å². The Bertz CT molecular complexity index is 584. The highest BCUT2D eigenvalue weighted by molar-refractivity contribution is 5.62. The summed E-state index contributed by atoms with van der Waals surface area (Å²) in [5, 5.41) is 22.0. The van der Waals surface area contributed by atoms with E-state index in [-0.39, 0.29) is 6.61 Å². The molecule has 5 nitrogen and oxygen atoms in total. The molecule has 0 aliphatic heterocycles. The zero-order chi connectivity index (χ0) is 13.0. The van der Waals surface area contributed by atoms with Crippen LogP contribution in [0, 0.1) is 11.3 Å². The van der Waals surface area contributed by atoms with Crippen molar-refractivity contribution in [3.05, 3.63) is 36.0 Å². The average Bonchev–Trinajstić information content (AvgIpc) is 2.82. The van der Waals surface area contributed by atoms with Gasteiger partial charge in [0, 0.05) is 11.6 Å². The van der Waals surface area contributed by atoms with Crippen LogP contribution in [0.2, 0.25) is 0 Å². The SMILES string of the molecule is COc1cccc(-c2cc(C#N)nn2CCO)c1. The van der Waals surface area contributed by atoms with Crippen LogP contribution in [-0.2, 0) is 6.54 Å². The second kappa shape index (κ2) is 5.34. The molecular weight excluding hydrogens is 230 g/mol. The second-order valence-corrected chi connectivity index (χ2v) is 3.71. The Balaban J connectivity index is 2.48. The molecule has 0 aliphatic rings. The molecule has 0 saturated heterocycles.